The number of carbonyl (C=O) groups excluding carboxylic acids is 6. The van der Waals surface area contributed by atoms with Crippen molar-refractivity contribution in [2.45, 2.75) is 650 Å². The zero-order valence-electron chi connectivity index (χ0n) is 87.9. The van der Waals surface area contributed by atoms with Crippen molar-refractivity contribution in [2.75, 3.05) is 26.4 Å². The van der Waals surface area contributed by atoms with Crippen molar-refractivity contribution < 1.29 is 92.0 Å². The predicted molar refractivity (Wildman–Crippen MR) is 550 cm³/mol. The molecule has 19 nitrogen and oxygen atoms in total. The van der Waals surface area contributed by atoms with Gasteiger partial charge >= 0.3 is 53.7 Å². The Kier molecular flexibility index (Phi) is 109. The number of unbranched alkanes of at least 4 members (excludes halogenated alkanes) is 78. The van der Waals surface area contributed by atoms with Gasteiger partial charge in [-0.3, -0.25) is 38.4 Å². The van der Waals surface area contributed by atoms with Crippen LogP contribution < -0.4 is 0 Å². The van der Waals surface area contributed by atoms with Gasteiger partial charge in [-0.25, -0.2) is 4.79 Å². The molecule has 0 amide bonds. The molecule has 0 fully saturated rings. The Labute approximate surface area is 817 Å². The highest BCUT2D eigenvalue weighted by molar-refractivity contribution is 5.88. The predicted octanol–water partition coefficient (Wildman–Crippen LogP) is 33.9. The SMILES string of the molecule is CCCCCCCCCCCCCCCC(=O)OCC(COC(=O)CCCCCCCCCCCCCCC)OC(=O)CCCCCCCCCCCCCCC.CCCCCCCCCCCCCCCCCC(=O)OCC(COC(=O)CCCCCCCCCCCCCCCCC)OC(=O)CCCCCCCCCCCCCCCCC.O=C(O)CC(O)(CC(=O)O)C(=O)O. The molecule has 0 spiro atoms. The quantitative estimate of drug-likeness (QED) is 0.0250. The Morgan fingerprint density at radius 2 is 0.293 bits per heavy atom. The molecule has 19 heteroatoms. The largest absolute Gasteiger partial charge is 0.481 e. The summed E-state index contributed by atoms with van der Waals surface area (Å²) >= 11 is 0. The molecule has 4 N–H and O–H groups in total. The highest BCUT2D eigenvalue weighted by atomic mass is 16.6. The van der Waals surface area contributed by atoms with E-state index in [1.807, 2.05) is 0 Å². The van der Waals surface area contributed by atoms with Gasteiger partial charge in [0.1, 0.15) is 26.4 Å². The zero-order valence-corrected chi connectivity index (χ0v) is 87.9. The molecule has 0 bridgehead atoms. The normalized spacial score (nSPS) is 11.3. The molecule has 0 radical (unpaired) electrons. The maximum absolute atomic E-state index is 12.8. The minimum atomic E-state index is -2.74. The standard InChI is InChI=1S/C57H110O6.C51H98O6.C6H8O7/c1-4-7-10-13-16-19-22-25-28-31-34-37-40-43-46-49-55(58)61-52-54(63-57(60)51-48-45-42-39-36-33-30-27-24-21-18-15-12-9-6-3)53-62-56(59)50-47-44-41-38-35-32-29-26-23-20-17-14-11-8-5-2;1-4-7-10-13-16-19-22-25-28-31-34-37-40-43-49(52)55-46-48(57-51(54)45-42-39-36-33-30-27-24-21-18-15-12-9-6-3)47-56-50(53)44-41-38-35-32-29-26-23-20-17-14-11-8-5-2;7-3(8)1-6(13,5(11)12)2-4(9)10/h54H,4-53H2,1-3H3;48H,4-47H2,1-3H3;13H,1-2H2,(H,7,8)(H,9,10)(H,11,12). The van der Waals surface area contributed by atoms with Gasteiger partial charge in [-0.1, -0.05) is 542 Å². The molecule has 0 saturated carbocycles. The minimum Gasteiger partial charge on any atom is -0.481 e. The molecule has 0 rings (SSSR count). The lowest BCUT2D eigenvalue weighted by atomic mass is 9.96. The highest BCUT2D eigenvalue weighted by Gasteiger charge is 2.41. The highest BCUT2D eigenvalue weighted by Crippen LogP contribution is 2.24. The number of carboxylic acids is 3. The molecule has 0 heterocycles. The topological polar surface area (TPSA) is 290 Å². The van der Waals surface area contributed by atoms with E-state index in [4.69, 9.17) is 48.8 Å². The number of rotatable bonds is 105. The van der Waals surface area contributed by atoms with Crippen molar-refractivity contribution in [3.05, 3.63) is 0 Å². The van der Waals surface area contributed by atoms with Crippen LogP contribution >= 0.6 is 0 Å². The van der Waals surface area contributed by atoms with Gasteiger partial charge in [-0.05, 0) is 38.5 Å². The Bertz CT molecular complexity index is 2410. The first-order valence-electron chi connectivity index (χ1n) is 57.2. The average molecular weight is 1890 g/mol. The molecule has 133 heavy (non-hydrogen) atoms. The van der Waals surface area contributed by atoms with Crippen LogP contribution in [-0.2, 0) is 71.6 Å². The number of hydrogen-bond donors (Lipinski definition) is 4. The maximum Gasteiger partial charge on any atom is 0.336 e. The van der Waals surface area contributed by atoms with E-state index < -0.39 is 48.6 Å². The Hall–Kier alpha value is -4.81. The molecular formula is C114H216O19. The maximum atomic E-state index is 12.8. The fourth-order valence-electron chi connectivity index (χ4n) is 17.3. The Morgan fingerprint density at radius 3 is 0.406 bits per heavy atom. The van der Waals surface area contributed by atoms with Crippen LogP contribution in [0, 0.1) is 0 Å². The molecule has 0 aliphatic carbocycles. The van der Waals surface area contributed by atoms with E-state index in [0.717, 1.165) is 116 Å². The third kappa shape index (κ3) is 109. The fraction of sp³-hybridized carbons (Fsp3) is 0.921. The van der Waals surface area contributed by atoms with E-state index in [1.165, 1.54) is 424 Å². The van der Waals surface area contributed by atoms with Gasteiger partial charge in [-0.2, -0.15) is 0 Å². The molecule has 0 saturated heterocycles. The van der Waals surface area contributed by atoms with Crippen LogP contribution in [0.15, 0.2) is 0 Å². The summed E-state index contributed by atoms with van der Waals surface area (Å²) in [5, 5.41) is 33.8. The summed E-state index contributed by atoms with van der Waals surface area (Å²) in [5.74, 6) is -6.69. The minimum absolute atomic E-state index is 0.0611. The lowest BCUT2D eigenvalue weighted by Gasteiger charge is -2.18. The number of carboxylic acid groups (broad SMARTS) is 3. The van der Waals surface area contributed by atoms with E-state index in [2.05, 4.69) is 41.5 Å². The van der Waals surface area contributed by atoms with Crippen LogP contribution in [0.3, 0.4) is 0 Å². The second kappa shape index (κ2) is 109. The van der Waals surface area contributed by atoms with Gasteiger partial charge in [0.2, 0.25) is 0 Å². The lowest BCUT2D eigenvalue weighted by molar-refractivity contribution is -0.170. The molecule has 0 aliphatic rings. The number of ether oxygens (including phenoxy) is 6. The van der Waals surface area contributed by atoms with Gasteiger partial charge in [0.05, 0.1) is 12.8 Å². The number of esters is 6. The van der Waals surface area contributed by atoms with Gasteiger partial charge in [0.25, 0.3) is 0 Å². The van der Waals surface area contributed by atoms with E-state index in [9.17, 15) is 43.2 Å². The molecule has 0 aromatic carbocycles. The summed E-state index contributed by atoms with van der Waals surface area (Å²) < 4.78 is 33.7. The summed E-state index contributed by atoms with van der Waals surface area (Å²) in [6.45, 7) is 13.4. The van der Waals surface area contributed by atoms with Crippen LogP contribution in [0.5, 0.6) is 0 Å². The van der Waals surface area contributed by atoms with Gasteiger partial charge in [-0.15, -0.1) is 0 Å². The first kappa shape index (κ1) is 132. The molecule has 0 unspecified atom stereocenters. The lowest BCUT2D eigenvalue weighted by Crippen LogP contribution is -2.42. The number of carbonyl (C=O) groups is 9. The van der Waals surface area contributed by atoms with Crippen molar-refractivity contribution in [3.63, 3.8) is 0 Å². The van der Waals surface area contributed by atoms with Gasteiger partial charge < -0.3 is 48.8 Å². The Balaban J connectivity index is -0.00000224. The third-order valence-electron chi connectivity index (χ3n) is 26.0. The average Bonchev–Trinajstić information content (AvgIpc) is 0.856. The van der Waals surface area contributed by atoms with Crippen molar-refractivity contribution in [1.29, 1.82) is 0 Å². The van der Waals surface area contributed by atoms with Gasteiger partial charge in [0.15, 0.2) is 17.8 Å². The third-order valence-corrected chi connectivity index (χ3v) is 26.0. The summed E-state index contributed by atoms with van der Waals surface area (Å²) in [5.41, 5.74) is -2.74. The second-order valence-corrected chi connectivity index (χ2v) is 39.5. The van der Waals surface area contributed by atoms with Crippen molar-refractivity contribution in [3.8, 4) is 0 Å². The number of aliphatic hydroxyl groups is 1. The van der Waals surface area contributed by atoms with Crippen LogP contribution in [0.25, 0.3) is 0 Å². The fourth-order valence-corrected chi connectivity index (χ4v) is 17.3. The molecule has 0 aromatic heterocycles. The van der Waals surface area contributed by atoms with Gasteiger partial charge in [0, 0.05) is 38.5 Å². The van der Waals surface area contributed by atoms with Crippen LogP contribution in [0.4, 0.5) is 0 Å². The molecule has 0 atom stereocenters. The Morgan fingerprint density at radius 1 is 0.180 bits per heavy atom. The van der Waals surface area contributed by atoms with Crippen LogP contribution in [0.2, 0.25) is 0 Å². The molecular weight excluding hydrogens is 1670 g/mol. The smallest absolute Gasteiger partial charge is 0.336 e. The van der Waals surface area contributed by atoms with E-state index >= 15 is 0 Å². The van der Waals surface area contributed by atoms with Crippen LogP contribution in [0.1, 0.15) is 632 Å². The summed E-state index contributed by atoms with van der Waals surface area (Å²) in [7, 11) is 0. The van der Waals surface area contributed by atoms with Crippen molar-refractivity contribution in [1.82, 2.24) is 0 Å². The first-order valence-corrected chi connectivity index (χ1v) is 57.2. The first-order chi connectivity index (χ1) is 64.8. The summed E-state index contributed by atoms with van der Waals surface area (Å²) in [6, 6.07) is 0. The van der Waals surface area contributed by atoms with Crippen molar-refractivity contribution >= 4 is 53.7 Å². The summed E-state index contributed by atoms with van der Waals surface area (Å²) in [6.07, 6.45) is 105. The molecule has 0 aromatic rings. The van der Waals surface area contributed by atoms with E-state index in [1.54, 1.807) is 0 Å². The molecule has 786 valence electrons. The van der Waals surface area contributed by atoms with E-state index in [0.29, 0.717) is 38.5 Å². The van der Waals surface area contributed by atoms with Crippen molar-refractivity contribution in [2.24, 2.45) is 0 Å². The molecule has 0 aliphatic heterocycles. The second-order valence-electron chi connectivity index (χ2n) is 39.5. The zero-order chi connectivity index (χ0) is 98.0. The summed E-state index contributed by atoms with van der Waals surface area (Å²) in [4.78, 5) is 106. The number of aliphatic carboxylic acids is 3. The van der Waals surface area contributed by atoms with E-state index in [-0.39, 0.29) is 62.2 Å². The number of hydrogen-bond acceptors (Lipinski definition) is 16. The van der Waals surface area contributed by atoms with Crippen LogP contribution in [-0.4, -0.2) is 118 Å². The monoisotopic (exact) mass is 1890 g/mol.